The Hall–Kier alpha value is -2.63. The Balaban J connectivity index is 1.98. The summed E-state index contributed by atoms with van der Waals surface area (Å²) in [7, 11) is 0. The summed E-state index contributed by atoms with van der Waals surface area (Å²) >= 11 is 0. The molecular weight excluding hydrogens is 352 g/mol. The molecule has 0 aromatic heterocycles. The van der Waals surface area contributed by atoms with Crippen LogP contribution in [-0.4, -0.2) is 12.7 Å². The van der Waals surface area contributed by atoms with Gasteiger partial charge in [-0.15, -0.1) is 0 Å². The van der Waals surface area contributed by atoms with Crippen molar-refractivity contribution in [2.75, 3.05) is 6.61 Å². The fraction of sp³-hybridized carbons (Fsp3) is 0.381. The van der Waals surface area contributed by atoms with Crippen LogP contribution in [0.4, 0.5) is 13.6 Å². The highest BCUT2D eigenvalue weighted by Gasteiger charge is 2.42. The quantitative estimate of drug-likeness (QED) is 0.787. The van der Waals surface area contributed by atoms with Crippen LogP contribution in [-0.2, 0) is 11.2 Å². The van der Waals surface area contributed by atoms with E-state index in [1.54, 1.807) is 12.1 Å². The van der Waals surface area contributed by atoms with E-state index in [1.165, 1.54) is 18.2 Å². The number of hydrogen-bond donors (Lipinski definition) is 1. The van der Waals surface area contributed by atoms with Gasteiger partial charge in [0.05, 0.1) is 6.61 Å². The molecule has 3 rings (SSSR count). The number of hydrogen-bond acceptors (Lipinski definition) is 3. The van der Waals surface area contributed by atoms with Crippen LogP contribution in [0.25, 0.3) is 11.1 Å². The minimum absolute atomic E-state index is 0.151. The van der Waals surface area contributed by atoms with Gasteiger partial charge < -0.3 is 15.2 Å². The van der Waals surface area contributed by atoms with Crippen LogP contribution >= 0.6 is 0 Å². The van der Waals surface area contributed by atoms with Crippen LogP contribution in [0.5, 0.6) is 5.75 Å². The molecule has 6 heteroatoms. The van der Waals surface area contributed by atoms with Gasteiger partial charge >= 0.3 is 6.09 Å². The van der Waals surface area contributed by atoms with Crippen LogP contribution in [0.1, 0.15) is 44.4 Å². The number of rotatable bonds is 5. The second kappa shape index (κ2) is 7.18. The van der Waals surface area contributed by atoms with E-state index in [0.717, 1.165) is 12.0 Å². The molecule has 27 heavy (non-hydrogen) atoms. The Labute approximate surface area is 157 Å². The summed E-state index contributed by atoms with van der Waals surface area (Å²) in [4.78, 5) is 11.2. The molecule has 0 heterocycles. The third kappa shape index (κ3) is 3.75. The molecule has 0 radical (unpaired) electrons. The standard InChI is InChI=1S/C21H23F2NO3/c1-4-7-26-18-6-5-12(9-17(18)23)14-8-13-11-21(2,3)19(27-20(24)25)15(13)10-16(14)22/h5-6,8-10,19H,4,7,11H2,1-3H3,(H2,24,25)/t19-/m0/s1. The first-order chi connectivity index (χ1) is 12.7. The van der Waals surface area contributed by atoms with E-state index in [2.05, 4.69) is 0 Å². The Morgan fingerprint density at radius 1 is 1.22 bits per heavy atom. The van der Waals surface area contributed by atoms with Crippen molar-refractivity contribution in [1.29, 1.82) is 0 Å². The lowest BCUT2D eigenvalue weighted by Crippen LogP contribution is -2.25. The molecule has 1 amide bonds. The summed E-state index contributed by atoms with van der Waals surface area (Å²) < 4.78 is 39.6. The van der Waals surface area contributed by atoms with E-state index in [9.17, 15) is 13.6 Å². The van der Waals surface area contributed by atoms with Gasteiger partial charge in [-0.3, -0.25) is 0 Å². The number of carbonyl (C=O) groups is 1. The minimum Gasteiger partial charge on any atom is -0.491 e. The Kier molecular flexibility index (Phi) is 5.09. The summed E-state index contributed by atoms with van der Waals surface area (Å²) in [5.74, 6) is -0.888. The normalized spacial score (nSPS) is 17.4. The van der Waals surface area contributed by atoms with Gasteiger partial charge in [0.25, 0.3) is 0 Å². The van der Waals surface area contributed by atoms with Crippen LogP contribution in [0, 0.1) is 17.0 Å². The third-order valence-electron chi connectivity index (χ3n) is 4.81. The first-order valence-electron chi connectivity index (χ1n) is 8.94. The van der Waals surface area contributed by atoms with Crippen molar-refractivity contribution >= 4 is 6.09 Å². The molecule has 144 valence electrons. The highest BCUT2D eigenvalue weighted by atomic mass is 19.1. The molecule has 1 aliphatic carbocycles. The molecule has 1 atom stereocenters. The Morgan fingerprint density at radius 3 is 2.59 bits per heavy atom. The first kappa shape index (κ1) is 19.1. The lowest BCUT2D eigenvalue weighted by atomic mass is 9.87. The van der Waals surface area contributed by atoms with Crippen molar-refractivity contribution < 1.29 is 23.0 Å². The summed E-state index contributed by atoms with van der Waals surface area (Å²) in [6.45, 7) is 6.21. The van der Waals surface area contributed by atoms with Crippen molar-refractivity contribution in [2.24, 2.45) is 11.1 Å². The summed E-state index contributed by atoms with van der Waals surface area (Å²) in [6.07, 6.45) is -0.149. The van der Waals surface area contributed by atoms with Gasteiger partial charge in [-0.1, -0.05) is 26.8 Å². The van der Waals surface area contributed by atoms with Gasteiger partial charge in [-0.25, -0.2) is 13.6 Å². The Morgan fingerprint density at radius 2 is 1.96 bits per heavy atom. The number of primary amides is 1. The number of carbonyl (C=O) groups excluding carboxylic acids is 1. The van der Waals surface area contributed by atoms with E-state index < -0.39 is 29.2 Å². The van der Waals surface area contributed by atoms with Crippen LogP contribution in [0.3, 0.4) is 0 Å². The van der Waals surface area contributed by atoms with E-state index in [1.807, 2.05) is 20.8 Å². The van der Waals surface area contributed by atoms with Crippen molar-refractivity contribution in [3.63, 3.8) is 0 Å². The van der Waals surface area contributed by atoms with Gasteiger partial charge in [0.2, 0.25) is 0 Å². The third-order valence-corrected chi connectivity index (χ3v) is 4.81. The van der Waals surface area contributed by atoms with Crippen LogP contribution < -0.4 is 10.5 Å². The molecule has 0 bridgehead atoms. The monoisotopic (exact) mass is 375 g/mol. The van der Waals surface area contributed by atoms with Crippen molar-refractivity contribution in [2.45, 2.75) is 39.7 Å². The van der Waals surface area contributed by atoms with Gasteiger partial charge in [0.1, 0.15) is 11.9 Å². The molecule has 2 aromatic rings. The lowest BCUT2D eigenvalue weighted by molar-refractivity contribution is 0.0391. The maximum Gasteiger partial charge on any atom is 0.405 e. The predicted octanol–water partition coefficient (Wildman–Crippen LogP) is 5.14. The minimum atomic E-state index is -0.893. The lowest BCUT2D eigenvalue weighted by Gasteiger charge is -2.26. The average Bonchev–Trinajstić information content (AvgIpc) is 2.82. The van der Waals surface area contributed by atoms with E-state index in [0.29, 0.717) is 29.7 Å². The molecule has 2 aromatic carbocycles. The van der Waals surface area contributed by atoms with Crippen molar-refractivity contribution in [1.82, 2.24) is 0 Å². The molecule has 0 unspecified atom stereocenters. The van der Waals surface area contributed by atoms with Gasteiger partial charge in [0, 0.05) is 11.0 Å². The summed E-state index contributed by atoms with van der Waals surface area (Å²) in [5, 5.41) is 0. The van der Waals surface area contributed by atoms with E-state index in [-0.39, 0.29) is 5.75 Å². The second-order valence-electron chi connectivity index (χ2n) is 7.51. The zero-order valence-corrected chi connectivity index (χ0v) is 15.6. The predicted molar refractivity (Wildman–Crippen MR) is 98.5 cm³/mol. The Bertz CT molecular complexity index is 880. The molecule has 0 aliphatic heterocycles. The van der Waals surface area contributed by atoms with Gasteiger partial charge in [-0.2, -0.15) is 0 Å². The molecule has 0 spiro atoms. The highest BCUT2D eigenvalue weighted by Crippen LogP contribution is 2.49. The largest absolute Gasteiger partial charge is 0.491 e. The number of fused-ring (bicyclic) bond motifs is 1. The van der Waals surface area contributed by atoms with Gasteiger partial charge in [0.15, 0.2) is 11.6 Å². The second-order valence-corrected chi connectivity index (χ2v) is 7.51. The zero-order chi connectivity index (χ0) is 19.8. The maximum atomic E-state index is 14.8. The summed E-state index contributed by atoms with van der Waals surface area (Å²) in [6, 6.07) is 7.46. The molecule has 0 fully saturated rings. The summed E-state index contributed by atoms with van der Waals surface area (Å²) in [5.41, 5.74) is 6.93. The number of halogens is 2. The number of amides is 1. The molecule has 0 saturated heterocycles. The molecule has 1 aliphatic rings. The first-order valence-corrected chi connectivity index (χ1v) is 8.94. The van der Waals surface area contributed by atoms with E-state index in [4.69, 9.17) is 15.2 Å². The van der Waals surface area contributed by atoms with Crippen molar-refractivity contribution in [3.05, 3.63) is 53.1 Å². The fourth-order valence-electron chi connectivity index (χ4n) is 3.59. The number of nitrogens with two attached hydrogens (primary N) is 1. The molecule has 4 nitrogen and oxygen atoms in total. The van der Waals surface area contributed by atoms with Crippen LogP contribution in [0.15, 0.2) is 30.3 Å². The molecule has 2 N–H and O–H groups in total. The average molecular weight is 375 g/mol. The number of ether oxygens (including phenoxy) is 2. The van der Waals surface area contributed by atoms with E-state index >= 15 is 0 Å². The maximum absolute atomic E-state index is 14.8. The number of benzene rings is 2. The highest BCUT2D eigenvalue weighted by molar-refractivity contribution is 5.69. The SMILES string of the molecule is CCCOc1ccc(-c2cc3c(cc2F)[C@H](OC(N)=O)C(C)(C)C3)cc1F. The smallest absolute Gasteiger partial charge is 0.405 e. The van der Waals surface area contributed by atoms with Gasteiger partial charge in [-0.05, 0) is 53.8 Å². The topological polar surface area (TPSA) is 61.6 Å². The van der Waals surface area contributed by atoms with Crippen LogP contribution in [0.2, 0.25) is 0 Å². The fourth-order valence-corrected chi connectivity index (χ4v) is 3.59. The zero-order valence-electron chi connectivity index (χ0n) is 15.6. The molecule has 0 saturated carbocycles. The van der Waals surface area contributed by atoms with Crippen molar-refractivity contribution in [3.8, 4) is 16.9 Å². The molecular formula is C21H23F2NO3.